The number of carbonyl (C=O) groups excluding carboxylic acids is 1. The van der Waals surface area contributed by atoms with Crippen LogP contribution in [0.3, 0.4) is 0 Å². The molecule has 0 unspecified atom stereocenters. The zero-order chi connectivity index (χ0) is 13.9. The third-order valence-electron chi connectivity index (χ3n) is 2.95. The Balaban J connectivity index is 1.84. The number of hydrogen-bond acceptors (Lipinski definition) is 3. The minimum Gasteiger partial charge on any atom is -0.454 e. The van der Waals surface area contributed by atoms with E-state index >= 15 is 0 Å². The summed E-state index contributed by atoms with van der Waals surface area (Å²) in [5.74, 6) is 1.26. The molecule has 1 aliphatic rings. The first-order chi connectivity index (χ1) is 9.74. The van der Waals surface area contributed by atoms with Crippen molar-refractivity contribution in [2.75, 3.05) is 6.79 Å². The fourth-order valence-electron chi connectivity index (χ4n) is 1.99. The first-order valence-electron chi connectivity index (χ1n) is 6.10. The third kappa shape index (κ3) is 2.53. The number of halogens is 1. The molecular formula is C16H11ClO3. The standard InChI is InChI=1S/C16H11ClO3/c17-13-5-1-4-12(9-13)14(18)8-7-11-3-2-6-15-16(11)20-10-19-15/h1-9H,10H2. The highest BCUT2D eigenvalue weighted by atomic mass is 35.5. The second-order valence-electron chi connectivity index (χ2n) is 4.29. The molecule has 0 fully saturated rings. The van der Waals surface area contributed by atoms with E-state index in [0.717, 1.165) is 5.56 Å². The van der Waals surface area contributed by atoms with Crippen LogP contribution in [0, 0.1) is 0 Å². The molecule has 20 heavy (non-hydrogen) atoms. The highest BCUT2D eigenvalue weighted by molar-refractivity contribution is 6.31. The number of allylic oxidation sites excluding steroid dienone is 1. The smallest absolute Gasteiger partial charge is 0.231 e. The number of hydrogen-bond donors (Lipinski definition) is 0. The van der Waals surface area contributed by atoms with E-state index in [2.05, 4.69) is 0 Å². The zero-order valence-corrected chi connectivity index (χ0v) is 11.3. The van der Waals surface area contributed by atoms with Gasteiger partial charge in [-0.25, -0.2) is 0 Å². The molecule has 0 bridgehead atoms. The van der Waals surface area contributed by atoms with Crippen molar-refractivity contribution < 1.29 is 14.3 Å². The molecule has 100 valence electrons. The predicted octanol–water partition coefficient (Wildman–Crippen LogP) is 3.96. The minimum atomic E-state index is -0.107. The Hall–Kier alpha value is -2.26. The van der Waals surface area contributed by atoms with Gasteiger partial charge in [0.15, 0.2) is 17.3 Å². The summed E-state index contributed by atoms with van der Waals surface area (Å²) in [6.07, 6.45) is 3.22. The van der Waals surface area contributed by atoms with Crippen molar-refractivity contribution in [3.63, 3.8) is 0 Å². The molecule has 2 aromatic carbocycles. The van der Waals surface area contributed by atoms with Crippen molar-refractivity contribution >= 4 is 23.5 Å². The second kappa shape index (κ2) is 5.39. The van der Waals surface area contributed by atoms with E-state index in [1.807, 2.05) is 18.2 Å². The SMILES string of the molecule is O=C(C=Cc1cccc2c1OCO2)c1cccc(Cl)c1. The monoisotopic (exact) mass is 286 g/mol. The maximum absolute atomic E-state index is 12.1. The maximum Gasteiger partial charge on any atom is 0.231 e. The minimum absolute atomic E-state index is 0.107. The van der Waals surface area contributed by atoms with Gasteiger partial charge < -0.3 is 9.47 Å². The Morgan fingerprint density at radius 1 is 1.15 bits per heavy atom. The molecule has 0 aromatic heterocycles. The van der Waals surface area contributed by atoms with Crippen LogP contribution in [0.1, 0.15) is 15.9 Å². The van der Waals surface area contributed by atoms with Gasteiger partial charge in [-0.05, 0) is 30.4 Å². The van der Waals surface area contributed by atoms with Crippen LogP contribution < -0.4 is 9.47 Å². The molecule has 0 amide bonds. The number of benzene rings is 2. The van der Waals surface area contributed by atoms with E-state index < -0.39 is 0 Å². The summed E-state index contributed by atoms with van der Waals surface area (Å²) in [7, 11) is 0. The Morgan fingerprint density at radius 2 is 2.00 bits per heavy atom. The topological polar surface area (TPSA) is 35.5 Å². The molecule has 0 saturated carbocycles. The van der Waals surface area contributed by atoms with E-state index in [1.54, 1.807) is 30.3 Å². The summed E-state index contributed by atoms with van der Waals surface area (Å²) in [5.41, 5.74) is 1.37. The first kappa shape index (κ1) is 12.8. The Kier molecular flexibility index (Phi) is 3.44. The molecule has 0 atom stereocenters. The van der Waals surface area contributed by atoms with Crippen LogP contribution in [0.2, 0.25) is 5.02 Å². The fourth-order valence-corrected chi connectivity index (χ4v) is 2.18. The van der Waals surface area contributed by atoms with Gasteiger partial charge in [0, 0.05) is 16.1 Å². The highest BCUT2D eigenvalue weighted by Gasteiger charge is 2.15. The zero-order valence-electron chi connectivity index (χ0n) is 10.5. The van der Waals surface area contributed by atoms with Crippen LogP contribution in [0.5, 0.6) is 11.5 Å². The van der Waals surface area contributed by atoms with Gasteiger partial charge in [0.05, 0.1) is 0 Å². The van der Waals surface area contributed by atoms with E-state index in [4.69, 9.17) is 21.1 Å². The van der Waals surface area contributed by atoms with Gasteiger partial charge in [0.1, 0.15) is 0 Å². The molecule has 4 heteroatoms. The number of rotatable bonds is 3. The Bertz CT molecular complexity index is 692. The van der Waals surface area contributed by atoms with Crippen molar-refractivity contribution in [2.24, 2.45) is 0 Å². The quantitative estimate of drug-likeness (QED) is 0.633. The van der Waals surface area contributed by atoms with Crippen molar-refractivity contribution in [3.05, 3.63) is 64.7 Å². The molecule has 0 N–H and O–H groups in total. The average molecular weight is 287 g/mol. The average Bonchev–Trinajstić information content (AvgIpc) is 2.93. The van der Waals surface area contributed by atoms with Crippen molar-refractivity contribution in [2.45, 2.75) is 0 Å². The summed E-state index contributed by atoms with van der Waals surface area (Å²) >= 11 is 5.87. The van der Waals surface area contributed by atoms with Crippen molar-refractivity contribution in [3.8, 4) is 11.5 Å². The highest BCUT2D eigenvalue weighted by Crippen LogP contribution is 2.35. The van der Waals surface area contributed by atoms with Gasteiger partial charge in [-0.1, -0.05) is 35.9 Å². The van der Waals surface area contributed by atoms with Crippen LogP contribution in [0.4, 0.5) is 0 Å². The summed E-state index contributed by atoms with van der Waals surface area (Å²) in [4.78, 5) is 12.1. The predicted molar refractivity (Wildman–Crippen MR) is 77.4 cm³/mol. The van der Waals surface area contributed by atoms with E-state index in [1.165, 1.54) is 6.08 Å². The molecular weight excluding hydrogens is 276 g/mol. The van der Waals surface area contributed by atoms with Gasteiger partial charge in [-0.3, -0.25) is 4.79 Å². The number of fused-ring (bicyclic) bond motifs is 1. The molecule has 0 aliphatic carbocycles. The van der Waals surface area contributed by atoms with Gasteiger partial charge >= 0.3 is 0 Å². The second-order valence-corrected chi connectivity index (χ2v) is 4.73. The van der Waals surface area contributed by atoms with E-state index in [0.29, 0.717) is 22.1 Å². The first-order valence-corrected chi connectivity index (χ1v) is 6.48. The number of carbonyl (C=O) groups is 1. The third-order valence-corrected chi connectivity index (χ3v) is 3.19. The summed E-state index contributed by atoms with van der Waals surface area (Å²) in [5, 5.41) is 0.543. The molecule has 2 aromatic rings. The number of para-hydroxylation sites is 1. The Labute approximate surface area is 121 Å². The lowest BCUT2D eigenvalue weighted by Gasteiger charge is -2.00. The van der Waals surface area contributed by atoms with Crippen LogP contribution in [-0.2, 0) is 0 Å². The normalized spacial score (nSPS) is 12.8. The van der Waals surface area contributed by atoms with Crippen molar-refractivity contribution in [1.82, 2.24) is 0 Å². The van der Waals surface area contributed by atoms with Crippen LogP contribution in [0.25, 0.3) is 6.08 Å². The largest absolute Gasteiger partial charge is 0.454 e. The lowest BCUT2D eigenvalue weighted by Crippen LogP contribution is -1.94. The fraction of sp³-hybridized carbons (Fsp3) is 0.0625. The van der Waals surface area contributed by atoms with Crippen molar-refractivity contribution in [1.29, 1.82) is 0 Å². The van der Waals surface area contributed by atoms with Gasteiger partial charge in [-0.15, -0.1) is 0 Å². The molecule has 0 spiro atoms. The van der Waals surface area contributed by atoms with E-state index in [-0.39, 0.29) is 12.6 Å². The van der Waals surface area contributed by atoms with Gasteiger partial charge in [0.25, 0.3) is 0 Å². The van der Waals surface area contributed by atoms with Crippen LogP contribution >= 0.6 is 11.6 Å². The van der Waals surface area contributed by atoms with Gasteiger partial charge in [0.2, 0.25) is 6.79 Å². The summed E-state index contributed by atoms with van der Waals surface area (Å²) < 4.78 is 10.7. The molecule has 1 aliphatic heterocycles. The Morgan fingerprint density at radius 3 is 2.85 bits per heavy atom. The van der Waals surface area contributed by atoms with Crippen LogP contribution in [-0.4, -0.2) is 12.6 Å². The summed E-state index contributed by atoms with van der Waals surface area (Å²) in [6.45, 7) is 0.211. The lowest BCUT2D eigenvalue weighted by atomic mass is 10.1. The number of ether oxygens (including phenoxy) is 2. The lowest BCUT2D eigenvalue weighted by molar-refractivity contribution is 0.104. The molecule has 1 heterocycles. The molecule has 0 saturated heterocycles. The molecule has 3 nitrogen and oxygen atoms in total. The van der Waals surface area contributed by atoms with Crippen LogP contribution in [0.15, 0.2) is 48.5 Å². The molecule has 3 rings (SSSR count). The van der Waals surface area contributed by atoms with E-state index in [9.17, 15) is 4.79 Å². The van der Waals surface area contributed by atoms with Gasteiger partial charge in [-0.2, -0.15) is 0 Å². The summed E-state index contributed by atoms with van der Waals surface area (Å²) in [6, 6.07) is 12.4. The molecule has 0 radical (unpaired) electrons. The maximum atomic E-state index is 12.1. The number of ketones is 1.